The Morgan fingerprint density at radius 2 is 2.09 bits per heavy atom. The number of hydrogen-bond acceptors (Lipinski definition) is 4. The van der Waals surface area contributed by atoms with Gasteiger partial charge in [0.2, 0.25) is 0 Å². The van der Waals surface area contributed by atoms with Gasteiger partial charge in [-0.3, -0.25) is 4.90 Å². The van der Waals surface area contributed by atoms with Crippen molar-refractivity contribution in [1.29, 1.82) is 0 Å². The highest BCUT2D eigenvalue weighted by Crippen LogP contribution is 2.31. The molecule has 1 aromatic rings. The minimum absolute atomic E-state index is 0.242. The topological polar surface area (TPSA) is 61.8 Å². The van der Waals surface area contributed by atoms with Gasteiger partial charge in [0, 0.05) is 19.1 Å². The molecular formula is C18H28N2O3. The molecule has 1 saturated heterocycles. The van der Waals surface area contributed by atoms with Crippen LogP contribution in [0.5, 0.6) is 0 Å². The molecule has 1 heterocycles. The Bertz CT molecular complexity index is 492. The van der Waals surface area contributed by atoms with Gasteiger partial charge >= 0.3 is 6.09 Å². The van der Waals surface area contributed by atoms with Gasteiger partial charge in [0.1, 0.15) is 0 Å². The molecule has 5 nitrogen and oxygen atoms in total. The Kier molecular flexibility index (Phi) is 6.42. The minimum Gasteiger partial charge on any atom is -0.450 e. The van der Waals surface area contributed by atoms with Crippen molar-refractivity contribution >= 4 is 6.09 Å². The lowest BCUT2D eigenvalue weighted by Crippen LogP contribution is -2.55. The van der Waals surface area contributed by atoms with Crippen LogP contribution >= 0.6 is 0 Å². The van der Waals surface area contributed by atoms with E-state index in [4.69, 9.17) is 4.74 Å². The third-order valence-electron chi connectivity index (χ3n) is 4.36. The lowest BCUT2D eigenvalue weighted by Gasteiger charge is -2.42. The Morgan fingerprint density at radius 1 is 1.39 bits per heavy atom. The van der Waals surface area contributed by atoms with Crippen molar-refractivity contribution < 1.29 is 14.6 Å². The van der Waals surface area contributed by atoms with Gasteiger partial charge in [-0.05, 0) is 24.8 Å². The predicted octanol–water partition coefficient (Wildman–Crippen LogP) is 2.57. The Morgan fingerprint density at radius 3 is 2.65 bits per heavy atom. The number of ether oxygens (including phenoxy) is 1. The van der Waals surface area contributed by atoms with Crippen LogP contribution in [-0.4, -0.2) is 47.9 Å². The van der Waals surface area contributed by atoms with Crippen LogP contribution in [-0.2, 0) is 4.74 Å². The summed E-state index contributed by atoms with van der Waals surface area (Å²) in [6.45, 7) is 7.90. The third-order valence-corrected chi connectivity index (χ3v) is 4.36. The summed E-state index contributed by atoms with van der Waals surface area (Å²) < 4.78 is 4.90. The number of likely N-dealkylation sites (tertiary alicyclic amines) is 1. The average Bonchev–Trinajstić information content (AvgIpc) is 2.51. The number of hydrogen-bond donors (Lipinski definition) is 2. The predicted molar refractivity (Wildman–Crippen MR) is 90.2 cm³/mol. The number of nitrogens with zero attached hydrogens (tertiary/aromatic N) is 1. The number of carbonyl (C=O) groups is 1. The number of nitrogens with one attached hydrogen (secondary N) is 1. The second-order valence-corrected chi connectivity index (χ2v) is 6.42. The summed E-state index contributed by atoms with van der Waals surface area (Å²) in [6.07, 6.45) is -0.317. The highest BCUT2D eigenvalue weighted by molar-refractivity contribution is 5.67. The summed E-state index contributed by atoms with van der Waals surface area (Å²) in [6, 6.07) is 10.4. The number of piperidine rings is 1. The maximum absolute atomic E-state index is 11.5. The molecule has 23 heavy (non-hydrogen) atoms. The second kappa shape index (κ2) is 8.31. The van der Waals surface area contributed by atoms with Crippen LogP contribution in [0.4, 0.5) is 4.79 Å². The van der Waals surface area contributed by atoms with Crippen molar-refractivity contribution in [1.82, 2.24) is 10.2 Å². The highest BCUT2D eigenvalue weighted by atomic mass is 16.5. The lowest BCUT2D eigenvalue weighted by atomic mass is 9.91. The van der Waals surface area contributed by atoms with Crippen LogP contribution in [0.15, 0.2) is 30.3 Å². The van der Waals surface area contributed by atoms with Crippen molar-refractivity contribution in [2.24, 2.45) is 5.92 Å². The monoisotopic (exact) mass is 320 g/mol. The maximum Gasteiger partial charge on any atom is 0.407 e. The molecule has 2 N–H and O–H groups in total. The molecule has 0 aromatic heterocycles. The SMILES string of the molecule is CCOC(=O)N[C@H]1CCN(C(c2ccccc2)C(C)C)C[C@@H]1O. The first-order valence-corrected chi connectivity index (χ1v) is 8.43. The average molecular weight is 320 g/mol. The van der Waals surface area contributed by atoms with Gasteiger partial charge in [-0.25, -0.2) is 4.79 Å². The number of aliphatic hydroxyl groups is 1. The molecule has 3 atom stereocenters. The lowest BCUT2D eigenvalue weighted by molar-refractivity contribution is 0.00916. The number of rotatable bonds is 5. The largest absolute Gasteiger partial charge is 0.450 e. The van der Waals surface area contributed by atoms with E-state index in [1.165, 1.54) is 5.56 Å². The number of alkyl carbamates (subject to hydrolysis) is 1. The number of amides is 1. The number of aliphatic hydroxyl groups excluding tert-OH is 1. The van der Waals surface area contributed by atoms with Crippen LogP contribution in [0.3, 0.4) is 0 Å². The second-order valence-electron chi connectivity index (χ2n) is 6.42. The molecule has 1 aliphatic heterocycles. The van der Waals surface area contributed by atoms with E-state index >= 15 is 0 Å². The summed E-state index contributed by atoms with van der Waals surface area (Å²) in [5, 5.41) is 13.2. The van der Waals surface area contributed by atoms with E-state index in [0.29, 0.717) is 19.1 Å². The molecule has 1 aliphatic rings. The smallest absolute Gasteiger partial charge is 0.407 e. The van der Waals surface area contributed by atoms with Gasteiger partial charge in [0.15, 0.2) is 0 Å². The van der Waals surface area contributed by atoms with E-state index in [2.05, 4.69) is 48.3 Å². The van der Waals surface area contributed by atoms with Crippen LogP contribution in [0.25, 0.3) is 0 Å². The first-order valence-electron chi connectivity index (χ1n) is 8.43. The molecule has 0 bridgehead atoms. The fraction of sp³-hybridized carbons (Fsp3) is 0.611. The van der Waals surface area contributed by atoms with Gasteiger partial charge in [0.05, 0.1) is 18.8 Å². The standard InChI is InChI=1S/C18H28N2O3/c1-4-23-18(22)19-15-10-11-20(12-16(15)21)17(13(2)3)14-8-6-5-7-9-14/h5-9,13,15-17,21H,4,10-12H2,1-3H3,(H,19,22)/t15-,16-,17?/m0/s1. The van der Waals surface area contributed by atoms with E-state index in [9.17, 15) is 9.90 Å². The fourth-order valence-electron chi connectivity index (χ4n) is 3.37. The molecule has 2 rings (SSSR count). The molecule has 128 valence electrons. The van der Waals surface area contributed by atoms with Gasteiger partial charge in [0.25, 0.3) is 0 Å². The van der Waals surface area contributed by atoms with E-state index in [-0.39, 0.29) is 12.1 Å². The van der Waals surface area contributed by atoms with E-state index < -0.39 is 12.2 Å². The zero-order valence-electron chi connectivity index (χ0n) is 14.2. The van der Waals surface area contributed by atoms with Crippen molar-refractivity contribution in [2.75, 3.05) is 19.7 Å². The molecule has 1 aromatic carbocycles. The van der Waals surface area contributed by atoms with E-state index in [1.54, 1.807) is 6.92 Å². The number of β-amino-alcohol motifs (C(OH)–C–C–N with tert-alkyl or cyclic N) is 1. The molecular weight excluding hydrogens is 292 g/mol. The minimum atomic E-state index is -0.585. The van der Waals surface area contributed by atoms with Gasteiger partial charge in [-0.2, -0.15) is 0 Å². The molecule has 0 spiro atoms. The van der Waals surface area contributed by atoms with Crippen molar-refractivity contribution in [2.45, 2.75) is 45.4 Å². The number of carbonyl (C=O) groups excluding carboxylic acids is 1. The molecule has 0 aliphatic carbocycles. The molecule has 1 unspecified atom stereocenters. The molecule has 1 fully saturated rings. The first kappa shape index (κ1) is 17.8. The summed E-state index contributed by atoms with van der Waals surface area (Å²) in [7, 11) is 0. The molecule has 0 radical (unpaired) electrons. The molecule has 0 saturated carbocycles. The summed E-state index contributed by atoms with van der Waals surface area (Å²) >= 11 is 0. The highest BCUT2D eigenvalue weighted by Gasteiger charge is 2.34. The third kappa shape index (κ3) is 4.69. The van der Waals surface area contributed by atoms with Crippen molar-refractivity contribution in [3.05, 3.63) is 35.9 Å². The van der Waals surface area contributed by atoms with Crippen LogP contribution in [0, 0.1) is 5.92 Å². The van der Waals surface area contributed by atoms with Gasteiger partial charge in [-0.15, -0.1) is 0 Å². The normalized spacial score (nSPS) is 23.5. The van der Waals surface area contributed by atoms with Crippen LogP contribution < -0.4 is 5.32 Å². The van der Waals surface area contributed by atoms with Gasteiger partial charge in [-0.1, -0.05) is 44.2 Å². The molecule has 5 heteroatoms. The zero-order valence-corrected chi connectivity index (χ0v) is 14.2. The quantitative estimate of drug-likeness (QED) is 0.875. The van der Waals surface area contributed by atoms with E-state index in [0.717, 1.165) is 13.0 Å². The van der Waals surface area contributed by atoms with Gasteiger partial charge < -0.3 is 15.2 Å². The zero-order chi connectivity index (χ0) is 16.8. The van der Waals surface area contributed by atoms with Crippen LogP contribution in [0.2, 0.25) is 0 Å². The Hall–Kier alpha value is -1.59. The summed E-state index contributed by atoms with van der Waals surface area (Å²) in [4.78, 5) is 13.9. The summed E-state index contributed by atoms with van der Waals surface area (Å²) in [5.74, 6) is 0.444. The van der Waals surface area contributed by atoms with Crippen LogP contribution in [0.1, 0.15) is 38.8 Å². The fourth-order valence-corrected chi connectivity index (χ4v) is 3.37. The number of benzene rings is 1. The van der Waals surface area contributed by atoms with Crippen molar-refractivity contribution in [3.63, 3.8) is 0 Å². The maximum atomic E-state index is 11.5. The Labute approximate surface area is 138 Å². The van der Waals surface area contributed by atoms with E-state index in [1.807, 2.05) is 6.07 Å². The molecule has 1 amide bonds. The summed E-state index contributed by atoms with van der Waals surface area (Å²) in [5.41, 5.74) is 1.27. The van der Waals surface area contributed by atoms with Crippen molar-refractivity contribution in [3.8, 4) is 0 Å². The first-order chi connectivity index (χ1) is 11.0. The Balaban J connectivity index is 2.01.